The van der Waals surface area contributed by atoms with E-state index >= 15 is 0 Å². The van der Waals surface area contributed by atoms with Crippen LogP contribution in [-0.4, -0.2) is 14.8 Å². The number of fused-ring (bicyclic) bond motifs is 1. The molecular formula is C19H22N4O. The minimum atomic E-state index is -0.0370. The number of aromatic nitrogens is 3. The molecule has 0 spiro atoms. The number of hydrogen-bond donors (Lipinski definition) is 1. The van der Waals surface area contributed by atoms with Gasteiger partial charge in [0.1, 0.15) is 0 Å². The topological polar surface area (TPSA) is 73.8 Å². The van der Waals surface area contributed by atoms with E-state index in [9.17, 15) is 4.79 Å². The van der Waals surface area contributed by atoms with Gasteiger partial charge in [0.15, 0.2) is 0 Å². The van der Waals surface area contributed by atoms with Crippen molar-refractivity contribution < 1.29 is 0 Å². The van der Waals surface area contributed by atoms with Crippen LogP contribution in [0.15, 0.2) is 34.8 Å². The molecule has 2 aliphatic rings. The molecule has 5 nitrogen and oxygen atoms in total. The van der Waals surface area contributed by atoms with E-state index in [0.717, 1.165) is 43.0 Å². The van der Waals surface area contributed by atoms with Crippen LogP contribution in [0.1, 0.15) is 42.6 Å². The first-order chi connectivity index (χ1) is 11.7. The molecule has 0 unspecified atom stereocenters. The highest BCUT2D eigenvalue weighted by Gasteiger charge is 2.29. The first-order valence-corrected chi connectivity index (χ1v) is 8.71. The summed E-state index contributed by atoms with van der Waals surface area (Å²) in [5, 5.41) is 8.78. The van der Waals surface area contributed by atoms with Crippen LogP contribution in [-0.2, 0) is 19.4 Å². The molecule has 2 heterocycles. The number of aryl methyl sites for hydroxylation is 2. The highest BCUT2D eigenvalue weighted by Crippen LogP contribution is 2.41. The predicted octanol–water partition coefficient (Wildman–Crippen LogP) is 2.59. The molecular weight excluding hydrogens is 300 g/mol. The van der Waals surface area contributed by atoms with Gasteiger partial charge in [0.25, 0.3) is 5.56 Å². The average molecular weight is 322 g/mol. The van der Waals surface area contributed by atoms with Gasteiger partial charge >= 0.3 is 0 Å². The molecule has 5 heteroatoms. The molecule has 0 aliphatic heterocycles. The molecule has 2 aliphatic carbocycles. The predicted molar refractivity (Wildman–Crippen MR) is 94.5 cm³/mol. The summed E-state index contributed by atoms with van der Waals surface area (Å²) in [4.78, 5) is 11.8. The second kappa shape index (κ2) is 6.23. The Hall–Kier alpha value is -2.43. The summed E-state index contributed by atoms with van der Waals surface area (Å²) in [6.45, 7) is 0.712. The van der Waals surface area contributed by atoms with E-state index in [1.807, 2.05) is 0 Å². The van der Waals surface area contributed by atoms with Crippen LogP contribution in [0.4, 0.5) is 5.69 Å². The fraction of sp³-hybridized carbons (Fsp3) is 0.421. The van der Waals surface area contributed by atoms with Crippen LogP contribution in [0.2, 0.25) is 0 Å². The lowest BCUT2D eigenvalue weighted by atomic mass is 10.1. The highest BCUT2D eigenvalue weighted by atomic mass is 16.1. The van der Waals surface area contributed by atoms with Crippen molar-refractivity contribution in [2.75, 3.05) is 5.73 Å². The van der Waals surface area contributed by atoms with Gasteiger partial charge in [-0.15, -0.1) is 0 Å². The van der Waals surface area contributed by atoms with Gasteiger partial charge in [0, 0.05) is 30.9 Å². The third-order valence-electron chi connectivity index (χ3n) is 4.87. The number of hydrogen-bond acceptors (Lipinski definition) is 4. The Morgan fingerprint density at radius 1 is 1.21 bits per heavy atom. The number of pyridine rings is 1. The number of unbranched alkanes of at least 4 members (excludes halogenated alkanes) is 1. The Labute approximate surface area is 141 Å². The Balaban J connectivity index is 1.32. The molecule has 1 saturated carbocycles. The van der Waals surface area contributed by atoms with Crippen molar-refractivity contribution in [3.8, 4) is 0 Å². The van der Waals surface area contributed by atoms with Crippen molar-refractivity contribution in [2.24, 2.45) is 5.92 Å². The molecule has 124 valence electrons. The second-order valence-corrected chi connectivity index (χ2v) is 6.86. The largest absolute Gasteiger partial charge is 0.399 e. The molecule has 1 fully saturated rings. The Morgan fingerprint density at radius 2 is 2.08 bits per heavy atom. The maximum absolute atomic E-state index is 11.8. The zero-order chi connectivity index (χ0) is 16.5. The van der Waals surface area contributed by atoms with Crippen molar-refractivity contribution in [2.45, 2.75) is 45.1 Å². The Morgan fingerprint density at radius 3 is 2.88 bits per heavy atom. The molecule has 0 bridgehead atoms. The van der Waals surface area contributed by atoms with Crippen LogP contribution in [0.3, 0.4) is 0 Å². The average Bonchev–Trinajstić information content (AvgIpc) is 3.33. The van der Waals surface area contributed by atoms with E-state index in [1.54, 1.807) is 22.4 Å². The molecule has 2 aromatic heterocycles. The first kappa shape index (κ1) is 15.1. The maximum atomic E-state index is 11.8. The van der Waals surface area contributed by atoms with Crippen molar-refractivity contribution >= 4 is 11.8 Å². The van der Waals surface area contributed by atoms with Crippen molar-refractivity contribution in [3.63, 3.8) is 0 Å². The third-order valence-corrected chi connectivity index (χ3v) is 4.87. The molecule has 0 saturated heterocycles. The normalized spacial score (nSPS) is 16.1. The third kappa shape index (κ3) is 3.25. The fourth-order valence-corrected chi connectivity index (χ4v) is 3.32. The van der Waals surface area contributed by atoms with Crippen LogP contribution in [0.25, 0.3) is 6.08 Å². The monoisotopic (exact) mass is 322 g/mol. The lowest BCUT2D eigenvalue weighted by molar-refractivity contribution is 0.588. The lowest BCUT2D eigenvalue weighted by Crippen LogP contribution is -2.19. The van der Waals surface area contributed by atoms with Crippen LogP contribution in [0.5, 0.6) is 0 Å². The van der Waals surface area contributed by atoms with Crippen molar-refractivity contribution in [3.05, 3.63) is 57.3 Å². The minimum absolute atomic E-state index is 0.0370. The number of rotatable bonds is 6. The number of anilines is 1. The highest BCUT2D eigenvalue weighted by molar-refractivity contribution is 5.63. The maximum Gasteiger partial charge on any atom is 0.252 e. The number of nitrogens with zero attached hydrogens (tertiary/aromatic N) is 3. The van der Waals surface area contributed by atoms with E-state index in [1.165, 1.54) is 24.5 Å². The second-order valence-electron chi connectivity index (χ2n) is 6.86. The van der Waals surface area contributed by atoms with Gasteiger partial charge in [-0.2, -0.15) is 10.2 Å². The quantitative estimate of drug-likeness (QED) is 0.830. The zero-order valence-corrected chi connectivity index (χ0v) is 13.7. The molecule has 2 N–H and O–H groups in total. The molecule has 0 atom stereocenters. The molecule has 0 radical (unpaired) electrons. The Kier molecular flexibility index (Phi) is 3.92. The fourth-order valence-electron chi connectivity index (χ4n) is 3.32. The lowest BCUT2D eigenvalue weighted by Gasteiger charge is -2.06. The summed E-state index contributed by atoms with van der Waals surface area (Å²) in [5.41, 5.74) is 11.1. The van der Waals surface area contributed by atoms with E-state index in [2.05, 4.69) is 22.3 Å². The summed E-state index contributed by atoms with van der Waals surface area (Å²) in [6.07, 6.45) is 10.6. The first-order valence-electron chi connectivity index (χ1n) is 8.71. The number of allylic oxidation sites excluding steroid dienone is 1. The summed E-state index contributed by atoms with van der Waals surface area (Å²) in [7, 11) is 0. The molecule has 24 heavy (non-hydrogen) atoms. The number of nitrogens with two attached hydrogens (primary N) is 1. The number of nitrogen functional groups attached to an aromatic ring is 1. The van der Waals surface area contributed by atoms with Crippen LogP contribution in [0, 0.1) is 5.92 Å². The van der Waals surface area contributed by atoms with E-state index in [0.29, 0.717) is 12.2 Å². The summed E-state index contributed by atoms with van der Waals surface area (Å²) < 4.78 is 1.70. The summed E-state index contributed by atoms with van der Waals surface area (Å²) in [5.74, 6) is 0.806. The molecule has 2 aromatic rings. The van der Waals surface area contributed by atoms with Gasteiger partial charge < -0.3 is 10.3 Å². The minimum Gasteiger partial charge on any atom is -0.399 e. The van der Waals surface area contributed by atoms with Crippen LogP contribution >= 0.6 is 0 Å². The van der Waals surface area contributed by atoms with Crippen molar-refractivity contribution in [1.29, 1.82) is 0 Å². The van der Waals surface area contributed by atoms with Crippen molar-refractivity contribution in [1.82, 2.24) is 14.8 Å². The molecule has 0 aromatic carbocycles. The molecule has 0 amide bonds. The van der Waals surface area contributed by atoms with Crippen LogP contribution < -0.4 is 11.3 Å². The smallest absolute Gasteiger partial charge is 0.252 e. The van der Waals surface area contributed by atoms with E-state index in [-0.39, 0.29) is 5.56 Å². The van der Waals surface area contributed by atoms with Gasteiger partial charge in [-0.05, 0) is 55.7 Å². The Bertz CT molecular complexity index is 849. The van der Waals surface area contributed by atoms with E-state index < -0.39 is 0 Å². The van der Waals surface area contributed by atoms with Gasteiger partial charge in [0.05, 0.1) is 11.4 Å². The van der Waals surface area contributed by atoms with Gasteiger partial charge in [0.2, 0.25) is 0 Å². The SMILES string of the molecule is Nc1ccn(CCCCc2cc3c(nn2)CC(C2CC2)=C3)c(=O)c1. The zero-order valence-electron chi connectivity index (χ0n) is 13.7. The molecule has 4 rings (SSSR count). The van der Waals surface area contributed by atoms with Gasteiger partial charge in [-0.1, -0.05) is 11.6 Å². The van der Waals surface area contributed by atoms with Gasteiger partial charge in [-0.25, -0.2) is 0 Å². The summed E-state index contributed by atoms with van der Waals surface area (Å²) in [6, 6.07) is 5.42. The van der Waals surface area contributed by atoms with E-state index in [4.69, 9.17) is 5.73 Å². The van der Waals surface area contributed by atoms with Gasteiger partial charge in [-0.3, -0.25) is 4.79 Å². The standard InChI is InChI=1S/C19H22N4O/c20-16-6-8-23(19(24)12-16)7-2-1-3-17-10-15-9-14(13-4-5-13)11-18(15)22-21-17/h6,8-10,12-13H,1-5,7,11,20H2. The summed E-state index contributed by atoms with van der Waals surface area (Å²) >= 11 is 0.